The van der Waals surface area contributed by atoms with Crippen molar-refractivity contribution in [2.24, 2.45) is 0 Å². The molecule has 0 unspecified atom stereocenters. The van der Waals surface area contributed by atoms with Crippen molar-refractivity contribution in [1.29, 1.82) is 0 Å². The summed E-state index contributed by atoms with van der Waals surface area (Å²) >= 11 is 0. The van der Waals surface area contributed by atoms with Crippen LogP contribution in [0, 0.1) is 0 Å². The fraction of sp³-hybridized carbons (Fsp3) is 0.562. The summed E-state index contributed by atoms with van der Waals surface area (Å²) in [6.45, 7) is 2.82. The average molecular weight is 292 g/mol. The molecule has 5 nitrogen and oxygen atoms in total. The van der Waals surface area contributed by atoms with E-state index in [9.17, 15) is 4.79 Å². The largest absolute Gasteiger partial charge is 0.461 e. The van der Waals surface area contributed by atoms with Crippen molar-refractivity contribution in [3.05, 3.63) is 35.9 Å². The van der Waals surface area contributed by atoms with Crippen LogP contribution in [0.5, 0.6) is 0 Å². The second-order valence-electron chi connectivity index (χ2n) is 5.29. The standard InChI is InChI=1S/C16H20O5/c1-2-3-9-18-14-13-12(10-19-15(14)17)20-16(21-13)11-7-5-4-6-8-11/h4-8,12-14,16H,2-3,9-10H2,1H3/t12-,13-,14-,16-/m1/s1. The molecule has 2 aliphatic heterocycles. The Morgan fingerprint density at radius 1 is 1.24 bits per heavy atom. The lowest BCUT2D eigenvalue weighted by Crippen LogP contribution is -2.50. The number of fused-ring (bicyclic) bond motifs is 1. The molecule has 21 heavy (non-hydrogen) atoms. The van der Waals surface area contributed by atoms with Gasteiger partial charge in [-0.2, -0.15) is 0 Å². The first-order valence-corrected chi connectivity index (χ1v) is 7.43. The molecule has 2 heterocycles. The Balaban J connectivity index is 1.69. The number of unbranched alkanes of at least 4 members (excludes halogenated alkanes) is 1. The van der Waals surface area contributed by atoms with Crippen LogP contribution in [-0.2, 0) is 23.7 Å². The third-order valence-corrected chi connectivity index (χ3v) is 3.73. The Labute approximate surface area is 124 Å². The zero-order chi connectivity index (χ0) is 14.7. The molecule has 2 fully saturated rings. The fourth-order valence-electron chi connectivity index (χ4n) is 2.56. The van der Waals surface area contributed by atoms with E-state index in [2.05, 4.69) is 6.92 Å². The predicted molar refractivity (Wildman–Crippen MR) is 74.5 cm³/mol. The van der Waals surface area contributed by atoms with Gasteiger partial charge in [-0.15, -0.1) is 0 Å². The molecule has 114 valence electrons. The summed E-state index contributed by atoms with van der Waals surface area (Å²) < 4.78 is 22.6. The quantitative estimate of drug-likeness (QED) is 0.615. The van der Waals surface area contributed by atoms with E-state index in [1.165, 1.54) is 0 Å². The van der Waals surface area contributed by atoms with Crippen molar-refractivity contribution in [2.45, 2.75) is 44.4 Å². The summed E-state index contributed by atoms with van der Waals surface area (Å²) in [5.41, 5.74) is 0.937. The summed E-state index contributed by atoms with van der Waals surface area (Å²) in [4.78, 5) is 11.9. The minimum atomic E-state index is -0.691. The lowest BCUT2D eigenvalue weighted by molar-refractivity contribution is -0.180. The van der Waals surface area contributed by atoms with Crippen molar-refractivity contribution < 1.29 is 23.7 Å². The molecule has 0 aromatic heterocycles. The Kier molecular flexibility index (Phi) is 4.53. The van der Waals surface area contributed by atoms with E-state index in [1.807, 2.05) is 30.3 Å². The molecule has 0 saturated carbocycles. The molecule has 0 N–H and O–H groups in total. The van der Waals surface area contributed by atoms with Gasteiger partial charge in [-0.05, 0) is 6.42 Å². The van der Waals surface area contributed by atoms with E-state index < -0.39 is 18.5 Å². The molecule has 1 aromatic carbocycles. The van der Waals surface area contributed by atoms with E-state index in [0.717, 1.165) is 18.4 Å². The van der Waals surface area contributed by atoms with Crippen molar-refractivity contribution in [2.75, 3.05) is 13.2 Å². The number of carbonyl (C=O) groups excluding carboxylic acids is 1. The number of cyclic esters (lactones) is 1. The number of carbonyl (C=O) groups is 1. The first-order chi connectivity index (χ1) is 10.3. The number of hydrogen-bond acceptors (Lipinski definition) is 5. The van der Waals surface area contributed by atoms with Gasteiger partial charge in [-0.25, -0.2) is 4.79 Å². The maximum absolute atomic E-state index is 11.9. The summed E-state index contributed by atoms with van der Waals surface area (Å²) in [6.07, 6.45) is 0.106. The molecule has 3 rings (SSSR count). The molecule has 0 aliphatic carbocycles. The number of hydrogen-bond donors (Lipinski definition) is 0. The predicted octanol–water partition coefficient (Wildman–Crippen LogP) is 2.21. The number of rotatable bonds is 5. The molecule has 0 radical (unpaired) electrons. The summed E-state index contributed by atoms with van der Waals surface area (Å²) in [6, 6.07) is 9.69. The highest BCUT2D eigenvalue weighted by atomic mass is 16.8. The molecule has 1 aromatic rings. The van der Waals surface area contributed by atoms with Gasteiger partial charge < -0.3 is 18.9 Å². The summed E-state index contributed by atoms with van der Waals surface area (Å²) in [5, 5.41) is 0. The van der Waals surface area contributed by atoms with Crippen molar-refractivity contribution in [3.8, 4) is 0 Å². The van der Waals surface area contributed by atoms with E-state index in [1.54, 1.807) is 0 Å². The Bertz CT molecular complexity index is 475. The van der Waals surface area contributed by atoms with Crippen LogP contribution in [0.4, 0.5) is 0 Å². The van der Waals surface area contributed by atoms with Gasteiger partial charge in [0.25, 0.3) is 0 Å². The van der Waals surface area contributed by atoms with Crippen LogP contribution in [0.1, 0.15) is 31.6 Å². The van der Waals surface area contributed by atoms with Crippen molar-refractivity contribution >= 4 is 5.97 Å². The summed E-state index contributed by atoms with van der Waals surface area (Å²) in [7, 11) is 0. The topological polar surface area (TPSA) is 54.0 Å². The molecule has 0 bridgehead atoms. The third-order valence-electron chi connectivity index (χ3n) is 3.73. The Morgan fingerprint density at radius 2 is 2.05 bits per heavy atom. The van der Waals surface area contributed by atoms with Gasteiger partial charge in [0, 0.05) is 12.2 Å². The third kappa shape index (κ3) is 3.10. The van der Waals surface area contributed by atoms with Gasteiger partial charge >= 0.3 is 5.97 Å². The zero-order valence-electron chi connectivity index (χ0n) is 12.1. The molecule has 0 spiro atoms. The van der Waals surface area contributed by atoms with Crippen LogP contribution in [0.25, 0.3) is 0 Å². The molecular weight excluding hydrogens is 272 g/mol. The van der Waals surface area contributed by atoms with Gasteiger partial charge in [0.05, 0.1) is 0 Å². The van der Waals surface area contributed by atoms with Crippen LogP contribution in [-0.4, -0.2) is 37.5 Å². The smallest absolute Gasteiger partial charge is 0.338 e. The van der Waals surface area contributed by atoms with Gasteiger partial charge in [-0.1, -0.05) is 43.7 Å². The van der Waals surface area contributed by atoms with Gasteiger partial charge in [0.1, 0.15) is 18.8 Å². The average Bonchev–Trinajstić information content (AvgIpc) is 2.95. The monoisotopic (exact) mass is 292 g/mol. The Hall–Kier alpha value is -1.43. The highest BCUT2D eigenvalue weighted by Gasteiger charge is 2.49. The van der Waals surface area contributed by atoms with Crippen LogP contribution in [0.3, 0.4) is 0 Å². The second kappa shape index (κ2) is 6.56. The van der Waals surface area contributed by atoms with Gasteiger partial charge in [0.15, 0.2) is 12.4 Å². The molecule has 2 aliphatic rings. The molecule has 2 saturated heterocycles. The molecule has 0 amide bonds. The maximum atomic E-state index is 11.9. The van der Waals surface area contributed by atoms with Crippen LogP contribution < -0.4 is 0 Å². The Morgan fingerprint density at radius 3 is 2.81 bits per heavy atom. The summed E-state index contributed by atoms with van der Waals surface area (Å²) in [5.74, 6) is -0.357. The second-order valence-corrected chi connectivity index (χ2v) is 5.29. The van der Waals surface area contributed by atoms with Crippen LogP contribution >= 0.6 is 0 Å². The first kappa shape index (κ1) is 14.5. The highest BCUT2D eigenvalue weighted by Crippen LogP contribution is 2.36. The maximum Gasteiger partial charge on any atom is 0.338 e. The minimum absolute atomic E-state index is 0.223. The van der Waals surface area contributed by atoms with E-state index in [0.29, 0.717) is 6.61 Å². The van der Waals surface area contributed by atoms with Gasteiger partial charge in [-0.3, -0.25) is 0 Å². The number of esters is 1. The lowest BCUT2D eigenvalue weighted by atomic mass is 10.1. The highest BCUT2D eigenvalue weighted by molar-refractivity contribution is 5.76. The SMILES string of the molecule is CCCCO[C@H]1C(=O)OC[C@H]2O[C@@H](c3ccccc3)O[C@H]21. The van der Waals surface area contributed by atoms with Crippen LogP contribution in [0.15, 0.2) is 30.3 Å². The molecular formula is C16H20O5. The fourth-order valence-corrected chi connectivity index (χ4v) is 2.56. The van der Waals surface area contributed by atoms with Gasteiger partial charge in [0.2, 0.25) is 0 Å². The van der Waals surface area contributed by atoms with E-state index in [4.69, 9.17) is 18.9 Å². The first-order valence-electron chi connectivity index (χ1n) is 7.43. The number of benzene rings is 1. The number of ether oxygens (including phenoxy) is 4. The van der Waals surface area contributed by atoms with Crippen LogP contribution in [0.2, 0.25) is 0 Å². The molecule has 4 atom stereocenters. The normalized spacial score (nSPS) is 31.8. The van der Waals surface area contributed by atoms with Crippen molar-refractivity contribution in [3.63, 3.8) is 0 Å². The van der Waals surface area contributed by atoms with Crippen molar-refractivity contribution in [1.82, 2.24) is 0 Å². The zero-order valence-corrected chi connectivity index (χ0v) is 12.1. The minimum Gasteiger partial charge on any atom is -0.461 e. The molecule has 5 heteroatoms. The van der Waals surface area contributed by atoms with E-state index >= 15 is 0 Å². The lowest BCUT2D eigenvalue weighted by Gasteiger charge is -2.29. The van der Waals surface area contributed by atoms with E-state index in [-0.39, 0.29) is 18.7 Å².